The van der Waals surface area contributed by atoms with Gasteiger partial charge in [0.25, 0.3) is 5.89 Å². The number of benzene rings is 1. The van der Waals surface area contributed by atoms with Crippen LogP contribution in [0.25, 0.3) is 11.5 Å². The average molecular weight is 290 g/mol. The fourth-order valence-electron chi connectivity index (χ4n) is 3.09. The Kier molecular flexibility index (Phi) is 3.90. The van der Waals surface area contributed by atoms with Crippen molar-refractivity contribution < 1.29 is 14.0 Å². The first-order chi connectivity index (χ1) is 10.2. The highest BCUT2D eigenvalue weighted by Crippen LogP contribution is 2.37. The zero-order valence-electron chi connectivity index (χ0n) is 12.1. The van der Waals surface area contributed by atoms with E-state index >= 15 is 0 Å². The summed E-state index contributed by atoms with van der Waals surface area (Å²) < 4.78 is 18.3. The highest BCUT2D eigenvalue weighted by Gasteiger charge is 2.26. The average Bonchev–Trinajstić information content (AvgIpc) is 2.97. The predicted molar refractivity (Wildman–Crippen MR) is 76.3 cm³/mol. The number of aromatic hydroxyl groups is 1. The molecule has 21 heavy (non-hydrogen) atoms. The van der Waals surface area contributed by atoms with Gasteiger partial charge in [-0.2, -0.15) is 4.98 Å². The van der Waals surface area contributed by atoms with E-state index in [1.54, 1.807) is 0 Å². The molecule has 1 N–H and O–H groups in total. The molecule has 0 bridgehead atoms. The van der Waals surface area contributed by atoms with Crippen LogP contribution in [0.2, 0.25) is 0 Å². The number of phenolic OH excluding ortho intramolecular Hbond substituents is 1. The van der Waals surface area contributed by atoms with Gasteiger partial charge in [-0.15, -0.1) is 0 Å². The van der Waals surface area contributed by atoms with Gasteiger partial charge in [-0.05, 0) is 30.9 Å². The number of phenols is 1. The zero-order valence-corrected chi connectivity index (χ0v) is 12.1. The normalized spacial score (nSPS) is 22.4. The van der Waals surface area contributed by atoms with Gasteiger partial charge in [0, 0.05) is 12.0 Å². The highest BCUT2D eigenvalue weighted by atomic mass is 19.1. The van der Waals surface area contributed by atoms with Crippen molar-refractivity contribution in [1.82, 2.24) is 10.1 Å². The maximum Gasteiger partial charge on any atom is 0.261 e. The lowest BCUT2D eigenvalue weighted by atomic mass is 9.80. The van der Waals surface area contributed by atoms with Crippen molar-refractivity contribution in [3.05, 3.63) is 29.8 Å². The molecule has 4 nitrogen and oxygen atoms in total. The summed E-state index contributed by atoms with van der Waals surface area (Å²) in [5, 5.41) is 13.8. The summed E-state index contributed by atoms with van der Waals surface area (Å²) in [6.07, 6.45) is 5.81. The van der Waals surface area contributed by atoms with Crippen LogP contribution in [-0.2, 0) is 0 Å². The third-order valence-corrected chi connectivity index (χ3v) is 4.36. The van der Waals surface area contributed by atoms with Crippen LogP contribution in [0.1, 0.15) is 50.8 Å². The summed E-state index contributed by atoms with van der Waals surface area (Å²) in [6.45, 7) is 2.21. The lowest BCUT2D eigenvalue weighted by Gasteiger charge is -2.26. The molecule has 0 aliphatic heterocycles. The van der Waals surface area contributed by atoms with Gasteiger partial charge in [-0.1, -0.05) is 31.3 Å². The second-order valence-electron chi connectivity index (χ2n) is 5.76. The Labute approximate surface area is 123 Å². The van der Waals surface area contributed by atoms with E-state index in [0.717, 1.165) is 24.8 Å². The van der Waals surface area contributed by atoms with Crippen molar-refractivity contribution in [2.24, 2.45) is 5.92 Å². The molecule has 2 atom stereocenters. The molecule has 112 valence electrons. The molecule has 1 aliphatic carbocycles. The Morgan fingerprint density at radius 2 is 2.24 bits per heavy atom. The van der Waals surface area contributed by atoms with E-state index in [4.69, 9.17) is 4.52 Å². The number of halogens is 1. The summed E-state index contributed by atoms with van der Waals surface area (Å²) in [5.74, 6) is 1.33. The molecule has 0 amide bonds. The smallest absolute Gasteiger partial charge is 0.261 e. The first-order valence-corrected chi connectivity index (χ1v) is 7.50. The largest absolute Gasteiger partial charge is 0.507 e. The van der Waals surface area contributed by atoms with Crippen LogP contribution in [0.4, 0.5) is 4.39 Å². The minimum Gasteiger partial charge on any atom is -0.507 e. The van der Waals surface area contributed by atoms with Gasteiger partial charge in [0.1, 0.15) is 11.6 Å². The zero-order chi connectivity index (χ0) is 14.8. The molecule has 0 saturated heterocycles. The standard InChI is InChI=1S/C16H19FN2O2/c1-2-10-4-3-5-11(8-10)15-18-16(21-19-15)13-7-6-12(17)9-14(13)20/h6-7,9-11,20H,2-5,8H2,1H3. The van der Waals surface area contributed by atoms with Crippen molar-refractivity contribution in [3.63, 3.8) is 0 Å². The molecule has 1 aromatic carbocycles. The molecule has 3 rings (SSSR count). The van der Waals surface area contributed by atoms with E-state index in [1.165, 1.54) is 31.4 Å². The lowest BCUT2D eigenvalue weighted by molar-refractivity contribution is 0.300. The summed E-state index contributed by atoms with van der Waals surface area (Å²) in [6, 6.07) is 3.78. The molecule has 1 saturated carbocycles. The van der Waals surface area contributed by atoms with Crippen LogP contribution >= 0.6 is 0 Å². The number of rotatable bonds is 3. The van der Waals surface area contributed by atoms with E-state index in [0.29, 0.717) is 17.3 Å². The van der Waals surface area contributed by atoms with Crippen molar-refractivity contribution in [1.29, 1.82) is 0 Å². The van der Waals surface area contributed by atoms with Gasteiger partial charge in [-0.3, -0.25) is 0 Å². The SMILES string of the molecule is CCC1CCCC(c2noc(-c3ccc(F)cc3O)n2)C1. The fraction of sp³-hybridized carbons (Fsp3) is 0.500. The van der Waals surface area contributed by atoms with Gasteiger partial charge in [0.2, 0.25) is 0 Å². The first kappa shape index (κ1) is 14.0. The van der Waals surface area contributed by atoms with Gasteiger partial charge >= 0.3 is 0 Å². The molecule has 2 aromatic rings. The quantitative estimate of drug-likeness (QED) is 0.917. The van der Waals surface area contributed by atoms with E-state index < -0.39 is 5.82 Å². The molecule has 2 unspecified atom stereocenters. The van der Waals surface area contributed by atoms with E-state index in [9.17, 15) is 9.50 Å². The summed E-state index contributed by atoms with van der Waals surface area (Å²) in [4.78, 5) is 4.40. The fourth-order valence-corrected chi connectivity index (χ4v) is 3.09. The molecule has 1 fully saturated rings. The van der Waals surface area contributed by atoms with Crippen LogP contribution in [-0.4, -0.2) is 15.2 Å². The topological polar surface area (TPSA) is 59.2 Å². The Bertz CT molecular complexity index is 626. The van der Waals surface area contributed by atoms with Gasteiger partial charge in [0.15, 0.2) is 5.82 Å². The molecule has 1 aromatic heterocycles. The summed E-state index contributed by atoms with van der Waals surface area (Å²) in [7, 11) is 0. The van der Waals surface area contributed by atoms with E-state index in [2.05, 4.69) is 17.1 Å². The van der Waals surface area contributed by atoms with Crippen molar-refractivity contribution in [3.8, 4) is 17.2 Å². The first-order valence-electron chi connectivity index (χ1n) is 7.50. The lowest BCUT2D eigenvalue weighted by Crippen LogP contribution is -2.14. The van der Waals surface area contributed by atoms with Crippen LogP contribution in [0.3, 0.4) is 0 Å². The van der Waals surface area contributed by atoms with Crippen LogP contribution < -0.4 is 0 Å². The third kappa shape index (κ3) is 2.91. The maximum absolute atomic E-state index is 13.0. The van der Waals surface area contributed by atoms with Crippen LogP contribution in [0, 0.1) is 11.7 Å². The van der Waals surface area contributed by atoms with Gasteiger partial charge < -0.3 is 9.63 Å². The second-order valence-corrected chi connectivity index (χ2v) is 5.76. The Morgan fingerprint density at radius 3 is 3.00 bits per heavy atom. The molecule has 1 aliphatic rings. The van der Waals surface area contributed by atoms with Crippen molar-refractivity contribution in [2.75, 3.05) is 0 Å². The number of hydrogen-bond acceptors (Lipinski definition) is 4. The van der Waals surface area contributed by atoms with E-state index in [1.807, 2.05) is 0 Å². The summed E-state index contributed by atoms with van der Waals surface area (Å²) >= 11 is 0. The minimum atomic E-state index is -0.492. The highest BCUT2D eigenvalue weighted by molar-refractivity contribution is 5.61. The molecule has 0 radical (unpaired) electrons. The van der Waals surface area contributed by atoms with Crippen LogP contribution in [0.5, 0.6) is 5.75 Å². The molecular formula is C16H19FN2O2. The monoisotopic (exact) mass is 290 g/mol. The van der Waals surface area contributed by atoms with Crippen LogP contribution in [0.15, 0.2) is 22.7 Å². The molecular weight excluding hydrogens is 271 g/mol. The van der Waals surface area contributed by atoms with Gasteiger partial charge in [-0.25, -0.2) is 4.39 Å². The Balaban J connectivity index is 1.83. The van der Waals surface area contributed by atoms with Crippen molar-refractivity contribution >= 4 is 0 Å². The minimum absolute atomic E-state index is 0.180. The Hall–Kier alpha value is -1.91. The van der Waals surface area contributed by atoms with Crippen molar-refractivity contribution in [2.45, 2.75) is 44.9 Å². The third-order valence-electron chi connectivity index (χ3n) is 4.36. The molecule has 1 heterocycles. The number of hydrogen-bond donors (Lipinski definition) is 1. The predicted octanol–water partition coefficient (Wildman–Crippen LogP) is 4.27. The number of aromatic nitrogens is 2. The van der Waals surface area contributed by atoms with Gasteiger partial charge in [0.05, 0.1) is 5.56 Å². The Morgan fingerprint density at radius 1 is 1.38 bits per heavy atom. The maximum atomic E-state index is 13.0. The molecule has 0 spiro atoms. The summed E-state index contributed by atoms with van der Waals surface area (Å²) in [5.41, 5.74) is 0.373. The molecule has 5 heteroatoms. The number of nitrogens with zero attached hydrogens (tertiary/aromatic N) is 2. The van der Waals surface area contributed by atoms with E-state index in [-0.39, 0.29) is 11.6 Å². The second kappa shape index (κ2) is 5.84.